The van der Waals surface area contributed by atoms with Gasteiger partial charge in [0.15, 0.2) is 0 Å². The molecule has 1 amide bonds. The van der Waals surface area contributed by atoms with Gasteiger partial charge in [-0.3, -0.25) is 10.2 Å². The molecule has 5 nitrogen and oxygen atoms in total. The van der Waals surface area contributed by atoms with Crippen molar-refractivity contribution in [2.45, 2.75) is 32.9 Å². The van der Waals surface area contributed by atoms with Gasteiger partial charge in [-0.05, 0) is 50.6 Å². The normalized spacial score (nSPS) is 19.5. The van der Waals surface area contributed by atoms with Gasteiger partial charge >= 0.3 is 0 Å². The van der Waals surface area contributed by atoms with Gasteiger partial charge in [0.1, 0.15) is 0 Å². The SMILES string of the molecule is CCN(c1ccc(NC(=O)C2CNNC2c2ccccc2)cc1)C(C)C. The third-order valence-corrected chi connectivity index (χ3v) is 4.91. The quantitative estimate of drug-likeness (QED) is 0.746. The molecular formula is C21H28N4O. The fraction of sp³-hybridized carbons (Fsp3) is 0.381. The van der Waals surface area contributed by atoms with Crippen LogP contribution in [0, 0.1) is 5.92 Å². The average Bonchev–Trinajstić information content (AvgIpc) is 3.14. The minimum Gasteiger partial charge on any atom is -0.369 e. The number of nitrogens with one attached hydrogen (secondary N) is 3. The van der Waals surface area contributed by atoms with Gasteiger partial charge in [-0.2, -0.15) is 0 Å². The molecule has 138 valence electrons. The summed E-state index contributed by atoms with van der Waals surface area (Å²) < 4.78 is 0. The summed E-state index contributed by atoms with van der Waals surface area (Å²) in [5, 5.41) is 3.06. The van der Waals surface area contributed by atoms with Gasteiger partial charge in [-0.15, -0.1) is 0 Å². The lowest BCUT2D eigenvalue weighted by Gasteiger charge is -2.27. The highest BCUT2D eigenvalue weighted by Crippen LogP contribution is 2.26. The van der Waals surface area contributed by atoms with Crippen molar-refractivity contribution in [2.75, 3.05) is 23.3 Å². The van der Waals surface area contributed by atoms with E-state index in [1.165, 1.54) is 5.69 Å². The lowest BCUT2D eigenvalue weighted by atomic mass is 9.94. The van der Waals surface area contributed by atoms with E-state index in [0.29, 0.717) is 12.6 Å². The summed E-state index contributed by atoms with van der Waals surface area (Å²) in [6, 6.07) is 18.6. The van der Waals surface area contributed by atoms with Crippen LogP contribution in [-0.4, -0.2) is 25.0 Å². The first-order valence-corrected chi connectivity index (χ1v) is 9.31. The molecule has 3 N–H and O–H groups in total. The Hall–Kier alpha value is -2.37. The predicted octanol–water partition coefficient (Wildman–Crippen LogP) is 3.33. The van der Waals surface area contributed by atoms with Crippen molar-refractivity contribution in [1.29, 1.82) is 0 Å². The van der Waals surface area contributed by atoms with Crippen LogP contribution >= 0.6 is 0 Å². The molecule has 0 radical (unpaired) electrons. The number of rotatable bonds is 6. The van der Waals surface area contributed by atoms with Gasteiger partial charge in [0.2, 0.25) is 5.91 Å². The molecule has 3 rings (SSSR count). The molecule has 1 saturated heterocycles. The molecule has 2 aromatic carbocycles. The van der Waals surface area contributed by atoms with Crippen LogP contribution in [-0.2, 0) is 4.79 Å². The zero-order chi connectivity index (χ0) is 18.5. The number of carbonyl (C=O) groups excluding carboxylic acids is 1. The van der Waals surface area contributed by atoms with Gasteiger partial charge in [-0.1, -0.05) is 30.3 Å². The van der Waals surface area contributed by atoms with Crippen molar-refractivity contribution >= 4 is 17.3 Å². The number of nitrogens with zero attached hydrogens (tertiary/aromatic N) is 1. The third-order valence-electron chi connectivity index (χ3n) is 4.91. The van der Waals surface area contributed by atoms with Gasteiger partial charge < -0.3 is 10.2 Å². The summed E-state index contributed by atoms with van der Waals surface area (Å²) in [5.74, 6) is -0.125. The Morgan fingerprint density at radius 1 is 1.15 bits per heavy atom. The average molecular weight is 352 g/mol. The van der Waals surface area contributed by atoms with Crippen LogP contribution in [0.5, 0.6) is 0 Å². The number of hydrogen-bond acceptors (Lipinski definition) is 4. The number of amides is 1. The molecule has 1 fully saturated rings. The van der Waals surface area contributed by atoms with Gasteiger partial charge in [0.05, 0.1) is 12.0 Å². The topological polar surface area (TPSA) is 56.4 Å². The van der Waals surface area contributed by atoms with Gasteiger partial charge in [-0.25, -0.2) is 5.43 Å². The molecule has 0 aliphatic carbocycles. The summed E-state index contributed by atoms with van der Waals surface area (Å²) in [6.45, 7) is 8.09. The van der Waals surface area contributed by atoms with E-state index in [-0.39, 0.29) is 17.9 Å². The molecule has 1 aliphatic rings. The minimum atomic E-state index is -0.153. The van der Waals surface area contributed by atoms with Crippen LogP contribution in [0.1, 0.15) is 32.4 Å². The first-order chi connectivity index (χ1) is 12.6. The second-order valence-electron chi connectivity index (χ2n) is 6.94. The number of hydrazine groups is 1. The first kappa shape index (κ1) is 18.4. The molecular weight excluding hydrogens is 324 g/mol. The van der Waals surface area contributed by atoms with Crippen LogP contribution in [0.2, 0.25) is 0 Å². The minimum absolute atomic E-state index is 0.0213. The number of hydrogen-bond donors (Lipinski definition) is 3. The predicted molar refractivity (Wildman–Crippen MR) is 107 cm³/mol. The smallest absolute Gasteiger partial charge is 0.230 e. The standard InChI is InChI=1S/C21H28N4O/c1-4-25(15(2)3)18-12-10-17(11-13-18)23-21(26)19-14-22-24-20(19)16-8-6-5-7-9-16/h5-13,15,19-20,22,24H,4,14H2,1-3H3,(H,23,26). The van der Waals surface area contributed by atoms with E-state index in [0.717, 1.165) is 17.8 Å². The molecule has 2 aromatic rings. The monoisotopic (exact) mass is 352 g/mol. The molecule has 2 atom stereocenters. The van der Waals surface area contributed by atoms with Crippen LogP contribution in [0.25, 0.3) is 0 Å². The highest BCUT2D eigenvalue weighted by Gasteiger charge is 2.33. The van der Waals surface area contributed by atoms with E-state index in [4.69, 9.17) is 0 Å². The fourth-order valence-corrected chi connectivity index (χ4v) is 3.53. The van der Waals surface area contributed by atoms with Crippen molar-refractivity contribution in [2.24, 2.45) is 5.92 Å². The lowest BCUT2D eigenvalue weighted by Crippen LogP contribution is -2.30. The summed E-state index contributed by atoms with van der Waals surface area (Å²) in [4.78, 5) is 15.1. The first-order valence-electron chi connectivity index (χ1n) is 9.31. The molecule has 1 aliphatic heterocycles. The van der Waals surface area contributed by atoms with E-state index >= 15 is 0 Å². The Morgan fingerprint density at radius 2 is 1.85 bits per heavy atom. The Kier molecular flexibility index (Phi) is 5.91. The zero-order valence-electron chi connectivity index (χ0n) is 15.7. The highest BCUT2D eigenvalue weighted by molar-refractivity contribution is 5.93. The maximum Gasteiger partial charge on any atom is 0.230 e. The highest BCUT2D eigenvalue weighted by atomic mass is 16.2. The van der Waals surface area contributed by atoms with Crippen LogP contribution in [0.3, 0.4) is 0 Å². The van der Waals surface area contributed by atoms with E-state index in [2.05, 4.69) is 54.0 Å². The Morgan fingerprint density at radius 3 is 2.46 bits per heavy atom. The molecule has 26 heavy (non-hydrogen) atoms. The zero-order valence-corrected chi connectivity index (χ0v) is 15.7. The van der Waals surface area contributed by atoms with Crippen LogP contribution < -0.4 is 21.1 Å². The maximum absolute atomic E-state index is 12.8. The molecule has 2 unspecified atom stereocenters. The maximum atomic E-state index is 12.8. The molecule has 0 saturated carbocycles. The molecule has 0 spiro atoms. The molecule has 1 heterocycles. The summed E-state index contributed by atoms with van der Waals surface area (Å²) >= 11 is 0. The van der Waals surface area contributed by atoms with Crippen molar-refractivity contribution < 1.29 is 4.79 Å². The Bertz CT molecular complexity index is 715. The van der Waals surface area contributed by atoms with E-state index in [9.17, 15) is 4.79 Å². The second kappa shape index (κ2) is 8.34. The molecule has 0 bridgehead atoms. The summed E-state index contributed by atoms with van der Waals surface area (Å²) in [6.07, 6.45) is 0. The third kappa shape index (κ3) is 4.06. The van der Waals surface area contributed by atoms with Crippen molar-refractivity contribution in [3.8, 4) is 0 Å². The van der Waals surface area contributed by atoms with E-state index in [1.807, 2.05) is 42.5 Å². The lowest BCUT2D eigenvalue weighted by molar-refractivity contribution is -0.119. The number of anilines is 2. The van der Waals surface area contributed by atoms with E-state index in [1.54, 1.807) is 0 Å². The van der Waals surface area contributed by atoms with Gasteiger partial charge in [0.25, 0.3) is 0 Å². The summed E-state index contributed by atoms with van der Waals surface area (Å²) in [5.41, 5.74) is 9.45. The van der Waals surface area contributed by atoms with E-state index < -0.39 is 0 Å². The fourth-order valence-electron chi connectivity index (χ4n) is 3.53. The van der Waals surface area contributed by atoms with Crippen molar-refractivity contribution in [1.82, 2.24) is 10.9 Å². The largest absolute Gasteiger partial charge is 0.369 e. The Balaban J connectivity index is 1.68. The molecule has 0 aromatic heterocycles. The number of carbonyl (C=O) groups is 1. The van der Waals surface area contributed by atoms with Crippen LogP contribution in [0.4, 0.5) is 11.4 Å². The summed E-state index contributed by atoms with van der Waals surface area (Å²) in [7, 11) is 0. The van der Waals surface area contributed by atoms with Gasteiger partial charge in [0, 0.05) is 30.5 Å². The second-order valence-corrected chi connectivity index (χ2v) is 6.94. The Labute approximate surface area is 155 Å². The molecule has 5 heteroatoms. The van der Waals surface area contributed by atoms with Crippen LogP contribution in [0.15, 0.2) is 54.6 Å². The number of benzene rings is 2. The van der Waals surface area contributed by atoms with Crippen molar-refractivity contribution in [3.05, 3.63) is 60.2 Å². The van der Waals surface area contributed by atoms with Crippen molar-refractivity contribution in [3.63, 3.8) is 0 Å².